The Bertz CT molecular complexity index is 900. The number of imide groups is 1. The van der Waals surface area contributed by atoms with Crippen LogP contribution in [0.5, 0.6) is 5.75 Å². The van der Waals surface area contributed by atoms with Gasteiger partial charge in [-0.1, -0.05) is 29.0 Å². The molecule has 1 fully saturated rings. The first-order valence-corrected chi connectivity index (χ1v) is 8.40. The van der Waals surface area contributed by atoms with Gasteiger partial charge in [-0.2, -0.15) is 5.11 Å². The van der Waals surface area contributed by atoms with Crippen molar-refractivity contribution in [1.29, 1.82) is 0 Å². The third kappa shape index (κ3) is 2.70. The summed E-state index contributed by atoms with van der Waals surface area (Å²) in [5.41, 5.74) is 1.39. The molecule has 2 atom stereocenters. The van der Waals surface area contributed by atoms with Gasteiger partial charge in [0.1, 0.15) is 5.75 Å². The monoisotopic (exact) mass is 370 g/mol. The number of nitrogens with zero attached hydrogens (tertiary/aromatic N) is 4. The van der Waals surface area contributed by atoms with Gasteiger partial charge in [-0.3, -0.25) is 14.6 Å². The number of anilines is 1. The molecule has 2 aromatic rings. The summed E-state index contributed by atoms with van der Waals surface area (Å²) in [4.78, 5) is 26.7. The molecule has 4 rings (SSSR count). The second-order valence-corrected chi connectivity index (χ2v) is 6.47. The van der Waals surface area contributed by atoms with Crippen LogP contribution < -0.4 is 9.64 Å². The molecule has 0 unspecified atom stereocenters. The zero-order chi connectivity index (χ0) is 18.3. The van der Waals surface area contributed by atoms with E-state index in [0.29, 0.717) is 23.0 Å². The molecule has 0 radical (unpaired) electrons. The molecule has 2 aliphatic rings. The van der Waals surface area contributed by atoms with E-state index in [1.165, 1.54) is 0 Å². The van der Waals surface area contributed by atoms with Crippen molar-refractivity contribution in [2.24, 2.45) is 10.3 Å². The van der Waals surface area contributed by atoms with E-state index in [2.05, 4.69) is 10.3 Å². The predicted molar refractivity (Wildman–Crippen MR) is 94.9 cm³/mol. The van der Waals surface area contributed by atoms with E-state index in [0.717, 1.165) is 10.5 Å². The smallest absolute Gasteiger partial charge is 0.263 e. The van der Waals surface area contributed by atoms with Crippen molar-refractivity contribution in [1.82, 2.24) is 5.01 Å². The zero-order valence-electron chi connectivity index (χ0n) is 13.9. The second-order valence-electron chi connectivity index (χ2n) is 6.03. The number of halogens is 1. The van der Waals surface area contributed by atoms with E-state index in [1.54, 1.807) is 36.4 Å². The maximum absolute atomic E-state index is 12.9. The maximum atomic E-state index is 12.9. The van der Waals surface area contributed by atoms with Gasteiger partial charge in [0.05, 0.1) is 19.3 Å². The van der Waals surface area contributed by atoms with Crippen molar-refractivity contribution in [3.8, 4) is 5.75 Å². The summed E-state index contributed by atoms with van der Waals surface area (Å²) in [6.45, 7) is 0.356. The topological polar surface area (TPSA) is 74.6 Å². The molecule has 1 saturated heterocycles. The average molecular weight is 371 g/mol. The van der Waals surface area contributed by atoms with Crippen molar-refractivity contribution >= 4 is 29.1 Å². The van der Waals surface area contributed by atoms with Crippen LogP contribution in [0.2, 0.25) is 5.02 Å². The standard InChI is InChI=1S/C18H15ClN4O3/c1-26-14-4-2-3-11(9-14)10-22-16-15(20-21-22)17(24)23(18(16)25)13-7-5-12(19)6-8-13/h2-9,15-16H,10H2,1H3/t15-,16+/m0/s1. The van der Waals surface area contributed by atoms with Crippen LogP contribution in [-0.4, -0.2) is 36.0 Å². The van der Waals surface area contributed by atoms with E-state index in [-0.39, 0.29) is 11.8 Å². The molecule has 0 saturated carbocycles. The number of hydrogen-bond acceptors (Lipinski definition) is 6. The third-order valence-corrected chi connectivity index (χ3v) is 4.67. The number of amides is 2. The molecule has 0 aliphatic carbocycles. The highest BCUT2D eigenvalue weighted by Gasteiger charge is 2.54. The minimum absolute atomic E-state index is 0.338. The van der Waals surface area contributed by atoms with Crippen molar-refractivity contribution in [3.63, 3.8) is 0 Å². The maximum Gasteiger partial charge on any atom is 0.263 e. The SMILES string of the molecule is COc1cccc(CN2N=N[C@@H]3C(=O)N(c4ccc(Cl)cc4)C(=O)[C@@H]32)c1. The van der Waals surface area contributed by atoms with Crippen LogP contribution >= 0.6 is 11.6 Å². The molecule has 7 nitrogen and oxygen atoms in total. The second kappa shape index (κ2) is 6.42. The summed E-state index contributed by atoms with van der Waals surface area (Å²) in [6, 6.07) is 12.5. The summed E-state index contributed by atoms with van der Waals surface area (Å²) in [5.74, 6) is 0.00114. The molecule has 2 heterocycles. The molecule has 26 heavy (non-hydrogen) atoms. The number of hydrogen-bond donors (Lipinski definition) is 0. The molecule has 8 heteroatoms. The first kappa shape index (κ1) is 16.5. The van der Waals surface area contributed by atoms with E-state index in [9.17, 15) is 9.59 Å². The van der Waals surface area contributed by atoms with Gasteiger partial charge >= 0.3 is 0 Å². The number of rotatable bonds is 4. The van der Waals surface area contributed by atoms with Gasteiger partial charge in [0.15, 0.2) is 12.1 Å². The minimum Gasteiger partial charge on any atom is -0.497 e. The van der Waals surface area contributed by atoms with Crippen LogP contribution in [0.1, 0.15) is 5.56 Å². The predicted octanol–water partition coefficient (Wildman–Crippen LogP) is 2.84. The number of methoxy groups -OCH3 is 1. The fraction of sp³-hybridized carbons (Fsp3) is 0.222. The highest BCUT2D eigenvalue weighted by molar-refractivity contribution is 6.31. The van der Waals surface area contributed by atoms with Gasteiger partial charge in [0.2, 0.25) is 0 Å². The Kier molecular flexibility index (Phi) is 4.08. The molecule has 0 aromatic heterocycles. The highest BCUT2D eigenvalue weighted by atomic mass is 35.5. The van der Waals surface area contributed by atoms with Crippen LogP contribution in [-0.2, 0) is 16.1 Å². The fourth-order valence-electron chi connectivity index (χ4n) is 3.16. The Morgan fingerprint density at radius 3 is 2.62 bits per heavy atom. The number of ether oxygens (including phenoxy) is 1. The lowest BCUT2D eigenvalue weighted by Gasteiger charge is -2.20. The average Bonchev–Trinajstić information content (AvgIpc) is 3.17. The highest BCUT2D eigenvalue weighted by Crippen LogP contribution is 2.33. The molecule has 2 amide bonds. The summed E-state index contributed by atoms with van der Waals surface area (Å²) in [6.07, 6.45) is 0. The van der Waals surface area contributed by atoms with E-state index >= 15 is 0 Å². The minimum atomic E-state index is -0.816. The van der Waals surface area contributed by atoms with Crippen molar-refractivity contribution in [3.05, 3.63) is 59.1 Å². The normalized spacial score (nSPS) is 21.5. The Labute approximate surface area is 154 Å². The van der Waals surface area contributed by atoms with Crippen LogP contribution in [0.15, 0.2) is 58.9 Å². The summed E-state index contributed by atoms with van der Waals surface area (Å²) in [7, 11) is 1.59. The molecule has 0 N–H and O–H groups in total. The van der Waals surface area contributed by atoms with Crippen LogP contribution in [0, 0.1) is 0 Å². The fourth-order valence-corrected chi connectivity index (χ4v) is 3.28. The quantitative estimate of drug-likeness (QED) is 0.775. The zero-order valence-corrected chi connectivity index (χ0v) is 14.6. The van der Waals surface area contributed by atoms with Gasteiger partial charge in [-0.15, -0.1) is 0 Å². The molecule has 0 bridgehead atoms. The number of benzene rings is 2. The Morgan fingerprint density at radius 1 is 1.12 bits per heavy atom. The van der Waals surface area contributed by atoms with E-state index in [4.69, 9.17) is 16.3 Å². The van der Waals surface area contributed by atoms with Crippen LogP contribution in [0.25, 0.3) is 0 Å². The molecule has 2 aromatic carbocycles. The first-order chi connectivity index (χ1) is 12.6. The molecule has 2 aliphatic heterocycles. The summed E-state index contributed by atoms with van der Waals surface area (Å²) in [5, 5.41) is 10.2. The first-order valence-electron chi connectivity index (χ1n) is 8.02. The summed E-state index contributed by atoms with van der Waals surface area (Å²) < 4.78 is 5.22. The van der Waals surface area contributed by atoms with E-state index < -0.39 is 12.1 Å². The van der Waals surface area contributed by atoms with Gasteiger partial charge in [-0.25, -0.2) is 4.90 Å². The van der Waals surface area contributed by atoms with Gasteiger partial charge < -0.3 is 4.74 Å². The molecular weight excluding hydrogens is 356 g/mol. The van der Waals surface area contributed by atoms with Crippen LogP contribution in [0.3, 0.4) is 0 Å². The number of carbonyl (C=O) groups is 2. The lowest BCUT2D eigenvalue weighted by atomic mass is 10.1. The number of fused-ring (bicyclic) bond motifs is 1. The Balaban J connectivity index is 1.58. The van der Waals surface area contributed by atoms with Crippen molar-refractivity contribution < 1.29 is 14.3 Å². The van der Waals surface area contributed by atoms with Crippen molar-refractivity contribution in [2.75, 3.05) is 12.0 Å². The summed E-state index contributed by atoms with van der Waals surface area (Å²) >= 11 is 5.88. The molecular formula is C18H15ClN4O3. The number of carbonyl (C=O) groups excluding carboxylic acids is 2. The Morgan fingerprint density at radius 2 is 1.88 bits per heavy atom. The third-order valence-electron chi connectivity index (χ3n) is 4.42. The van der Waals surface area contributed by atoms with Crippen molar-refractivity contribution in [2.45, 2.75) is 18.6 Å². The van der Waals surface area contributed by atoms with Crippen LogP contribution in [0.4, 0.5) is 5.69 Å². The largest absolute Gasteiger partial charge is 0.497 e. The lowest BCUT2D eigenvalue weighted by molar-refractivity contribution is -0.123. The Hall–Kier alpha value is -2.93. The molecule has 132 valence electrons. The molecule has 0 spiro atoms. The lowest BCUT2D eigenvalue weighted by Crippen LogP contribution is -2.39. The van der Waals surface area contributed by atoms with Gasteiger partial charge in [0, 0.05) is 5.02 Å². The van der Waals surface area contributed by atoms with Gasteiger partial charge in [-0.05, 0) is 42.0 Å². The van der Waals surface area contributed by atoms with Gasteiger partial charge in [0.25, 0.3) is 11.8 Å². The van der Waals surface area contributed by atoms with E-state index in [1.807, 2.05) is 24.3 Å².